The van der Waals surface area contributed by atoms with Crippen LogP contribution in [0.5, 0.6) is 0 Å². The van der Waals surface area contributed by atoms with Gasteiger partial charge in [-0.15, -0.1) is 0 Å². The molecule has 134 valence electrons. The highest BCUT2D eigenvalue weighted by molar-refractivity contribution is 7.89. The topological polar surface area (TPSA) is 78.5 Å². The third kappa shape index (κ3) is 4.27. The van der Waals surface area contributed by atoms with E-state index in [0.29, 0.717) is 25.3 Å². The van der Waals surface area contributed by atoms with E-state index in [1.54, 1.807) is 19.9 Å². The minimum atomic E-state index is -3.68. The highest BCUT2D eigenvalue weighted by Gasteiger charge is 2.26. The van der Waals surface area contributed by atoms with Gasteiger partial charge in [0.05, 0.1) is 10.9 Å². The highest BCUT2D eigenvalue weighted by atomic mass is 35.5. The van der Waals surface area contributed by atoms with Gasteiger partial charge in [-0.3, -0.25) is 4.79 Å². The van der Waals surface area contributed by atoms with Crippen molar-refractivity contribution < 1.29 is 13.2 Å². The third-order valence-corrected chi connectivity index (χ3v) is 6.72. The average molecular weight is 374 g/mol. The molecule has 6 nitrogen and oxygen atoms in total. The molecule has 1 aromatic carbocycles. The van der Waals surface area contributed by atoms with Gasteiger partial charge in [-0.25, -0.2) is 8.42 Å². The molecule has 0 saturated carbocycles. The number of sulfonamides is 1. The summed E-state index contributed by atoms with van der Waals surface area (Å²) in [5.74, 6) is -0.201. The van der Waals surface area contributed by atoms with Crippen LogP contribution < -0.4 is 10.6 Å². The molecule has 0 aromatic heterocycles. The number of nitrogens with one attached hydrogen (secondary N) is 2. The number of piperidine rings is 1. The zero-order valence-electron chi connectivity index (χ0n) is 14.0. The Morgan fingerprint density at radius 1 is 1.38 bits per heavy atom. The van der Waals surface area contributed by atoms with Crippen LogP contribution in [0.25, 0.3) is 0 Å². The summed E-state index contributed by atoms with van der Waals surface area (Å²) in [5, 5.41) is 6.15. The first-order chi connectivity index (χ1) is 11.4. The van der Waals surface area contributed by atoms with E-state index >= 15 is 0 Å². The lowest BCUT2D eigenvalue weighted by Gasteiger charge is -2.22. The summed E-state index contributed by atoms with van der Waals surface area (Å²) in [6.07, 6.45) is 1.79. The van der Waals surface area contributed by atoms with Crippen LogP contribution in [0.2, 0.25) is 5.02 Å². The van der Waals surface area contributed by atoms with Gasteiger partial charge in [0.25, 0.3) is 0 Å². The van der Waals surface area contributed by atoms with Crippen LogP contribution >= 0.6 is 11.6 Å². The van der Waals surface area contributed by atoms with Crippen molar-refractivity contribution in [2.75, 3.05) is 31.5 Å². The first-order valence-corrected chi connectivity index (χ1v) is 10.0. The molecule has 1 aliphatic heterocycles. The van der Waals surface area contributed by atoms with Crippen molar-refractivity contribution in [1.82, 2.24) is 9.62 Å². The first-order valence-electron chi connectivity index (χ1n) is 8.21. The van der Waals surface area contributed by atoms with Crippen LogP contribution in [0.15, 0.2) is 23.1 Å². The van der Waals surface area contributed by atoms with Crippen molar-refractivity contribution in [2.45, 2.75) is 31.6 Å². The summed E-state index contributed by atoms with van der Waals surface area (Å²) in [6.45, 7) is 5.84. The molecular weight excluding hydrogens is 350 g/mol. The number of rotatable bonds is 6. The minimum Gasteiger partial charge on any atom is -0.326 e. The Kier molecular flexibility index (Phi) is 6.62. The van der Waals surface area contributed by atoms with E-state index in [9.17, 15) is 13.2 Å². The summed E-state index contributed by atoms with van der Waals surface area (Å²) >= 11 is 6.10. The van der Waals surface area contributed by atoms with Crippen LogP contribution in [0.4, 0.5) is 5.69 Å². The molecule has 0 radical (unpaired) electrons. The maximum atomic E-state index is 12.7. The largest absolute Gasteiger partial charge is 0.326 e. The second kappa shape index (κ2) is 8.29. The molecule has 1 heterocycles. The molecule has 0 bridgehead atoms. The highest BCUT2D eigenvalue weighted by Crippen LogP contribution is 2.28. The van der Waals surface area contributed by atoms with Gasteiger partial charge in [-0.05, 0) is 37.6 Å². The summed E-state index contributed by atoms with van der Waals surface area (Å²) in [5.41, 5.74) is 0.445. The van der Waals surface area contributed by atoms with Gasteiger partial charge in [0.15, 0.2) is 0 Å². The van der Waals surface area contributed by atoms with Crippen LogP contribution in [0.3, 0.4) is 0 Å². The second-order valence-corrected chi connectivity index (χ2v) is 8.08. The number of carbonyl (C=O) groups is 1. The number of benzene rings is 1. The van der Waals surface area contributed by atoms with Crippen molar-refractivity contribution in [3.63, 3.8) is 0 Å². The molecule has 24 heavy (non-hydrogen) atoms. The standard InChI is InChI=1S/C16H24ClN3O3S/c1-3-20(4-2)24(22,23)15-10-13(7-8-14(15)17)19-16(21)12-6-5-9-18-11-12/h7-8,10,12,18H,3-6,9,11H2,1-2H3,(H,19,21). The van der Waals surface area contributed by atoms with E-state index in [1.807, 2.05) is 0 Å². The molecule has 1 aliphatic rings. The molecule has 1 unspecified atom stereocenters. The predicted molar refractivity (Wildman–Crippen MR) is 95.8 cm³/mol. The van der Waals surface area contributed by atoms with Crippen molar-refractivity contribution in [3.8, 4) is 0 Å². The normalized spacial score (nSPS) is 18.6. The van der Waals surface area contributed by atoms with Crippen LogP contribution in [-0.2, 0) is 14.8 Å². The van der Waals surface area contributed by atoms with Crippen molar-refractivity contribution in [3.05, 3.63) is 23.2 Å². The lowest BCUT2D eigenvalue weighted by atomic mass is 9.99. The van der Waals surface area contributed by atoms with Crippen LogP contribution in [-0.4, -0.2) is 44.8 Å². The van der Waals surface area contributed by atoms with E-state index in [0.717, 1.165) is 19.4 Å². The van der Waals surface area contributed by atoms with Gasteiger partial charge < -0.3 is 10.6 Å². The zero-order chi connectivity index (χ0) is 17.7. The summed E-state index contributed by atoms with van der Waals surface area (Å²) in [4.78, 5) is 12.3. The molecular formula is C16H24ClN3O3S. The van der Waals surface area contributed by atoms with E-state index in [1.165, 1.54) is 16.4 Å². The van der Waals surface area contributed by atoms with E-state index in [2.05, 4.69) is 10.6 Å². The summed E-state index contributed by atoms with van der Waals surface area (Å²) in [7, 11) is -3.68. The molecule has 1 saturated heterocycles. The van der Waals surface area contributed by atoms with E-state index < -0.39 is 10.0 Å². The minimum absolute atomic E-state index is 0.0208. The Morgan fingerprint density at radius 3 is 2.67 bits per heavy atom. The van der Waals surface area contributed by atoms with Crippen molar-refractivity contribution in [2.24, 2.45) is 5.92 Å². The number of hydrogen-bond donors (Lipinski definition) is 2. The molecule has 1 aromatic rings. The molecule has 1 amide bonds. The Morgan fingerprint density at radius 2 is 2.08 bits per heavy atom. The summed E-state index contributed by atoms with van der Waals surface area (Å²) in [6, 6.07) is 4.56. The monoisotopic (exact) mass is 373 g/mol. The van der Waals surface area contributed by atoms with Crippen molar-refractivity contribution >= 4 is 33.2 Å². The van der Waals surface area contributed by atoms with Gasteiger partial charge in [0.1, 0.15) is 4.90 Å². The lowest BCUT2D eigenvalue weighted by Crippen LogP contribution is -2.37. The van der Waals surface area contributed by atoms with Gasteiger partial charge in [-0.2, -0.15) is 4.31 Å². The predicted octanol–water partition coefficient (Wildman–Crippen LogP) is 2.31. The second-order valence-electron chi connectivity index (χ2n) is 5.77. The lowest BCUT2D eigenvalue weighted by molar-refractivity contribution is -0.120. The Labute approximate surface area is 148 Å². The van der Waals surface area contributed by atoms with E-state index in [-0.39, 0.29) is 21.7 Å². The third-order valence-electron chi connectivity index (χ3n) is 4.19. The molecule has 2 N–H and O–H groups in total. The Bertz CT molecular complexity index is 684. The van der Waals surface area contributed by atoms with Crippen LogP contribution in [0.1, 0.15) is 26.7 Å². The fourth-order valence-electron chi connectivity index (χ4n) is 2.80. The number of nitrogens with zero attached hydrogens (tertiary/aromatic N) is 1. The molecule has 1 fully saturated rings. The zero-order valence-corrected chi connectivity index (χ0v) is 15.6. The first kappa shape index (κ1) is 19.2. The number of amides is 1. The maximum absolute atomic E-state index is 12.7. The fraction of sp³-hybridized carbons (Fsp3) is 0.562. The summed E-state index contributed by atoms with van der Waals surface area (Å²) < 4.78 is 26.7. The van der Waals surface area contributed by atoms with Crippen LogP contribution in [0, 0.1) is 5.92 Å². The molecule has 0 spiro atoms. The van der Waals surface area contributed by atoms with Gasteiger partial charge >= 0.3 is 0 Å². The van der Waals surface area contributed by atoms with Gasteiger partial charge in [0.2, 0.25) is 15.9 Å². The molecule has 0 aliphatic carbocycles. The SMILES string of the molecule is CCN(CC)S(=O)(=O)c1cc(NC(=O)C2CCCNC2)ccc1Cl. The smallest absolute Gasteiger partial charge is 0.244 e. The number of carbonyl (C=O) groups excluding carboxylic acids is 1. The van der Waals surface area contributed by atoms with Gasteiger partial charge in [0, 0.05) is 25.3 Å². The Hall–Kier alpha value is -1.15. The number of halogens is 1. The quantitative estimate of drug-likeness (QED) is 0.802. The number of anilines is 1. The molecule has 8 heteroatoms. The number of hydrogen-bond acceptors (Lipinski definition) is 4. The van der Waals surface area contributed by atoms with Crippen molar-refractivity contribution in [1.29, 1.82) is 0 Å². The molecule has 2 rings (SSSR count). The Balaban J connectivity index is 2.23. The molecule has 1 atom stereocenters. The van der Waals surface area contributed by atoms with Gasteiger partial charge in [-0.1, -0.05) is 25.4 Å². The van der Waals surface area contributed by atoms with E-state index in [4.69, 9.17) is 11.6 Å². The fourth-order valence-corrected chi connectivity index (χ4v) is 4.76. The average Bonchev–Trinajstić information content (AvgIpc) is 2.58. The maximum Gasteiger partial charge on any atom is 0.244 e.